The molecule has 19 heavy (non-hydrogen) atoms. The number of carbonyl (C=O) groups is 1. The van der Waals surface area contributed by atoms with Crippen molar-refractivity contribution in [2.45, 2.75) is 83.7 Å². The third-order valence-electron chi connectivity index (χ3n) is 5.07. The number of hydrogen-bond donors (Lipinski definition) is 0. The molecule has 2 unspecified atom stereocenters. The van der Waals surface area contributed by atoms with E-state index in [9.17, 15) is 10.1 Å². The highest BCUT2D eigenvalue weighted by Gasteiger charge is 2.46. The second-order valence-electron chi connectivity index (χ2n) is 6.31. The molecule has 1 amide bonds. The van der Waals surface area contributed by atoms with Gasteiger partial charge in [0.25, 0.3) is 0 Å². The number of hydrogen-bond acceptors (Lipinski definition) is 2. The summed E-state index contributed by atoms with van der Waals surface area (Å²) in [5, 5.41) is 9.65. The summed E-state index contributed by atoms with van der Waals surface area (Å²) >= 11 is 0. The maximum atomic E-state index is 13.0. The Balaban J connectivity index is 2.22. The average molecular weight is 262 g/mol. The van der Waals surface area contributed by atoms with E-state index in [-0.39, 0.29) is 5.91 Å². The van der Waals surface area contributed by atoms with E-state index in [1.807, 2.05) is 0 Å². The minimum Gasteiger partial charge on any atom is -0.336 e. The van der Waals surface area contributed by atoms with Crippen molar-refractivity contribution in [3.05, 3.63) is 0 Å². The predicted molar refractivity (Wildman–Crippen MR) is 75.4 cm³/mol. The molecule has 0 aromatic rings. The number of likely N-dealkylation sites (tertiary alicyclic amines) is 1. The molecule has 2 atom stereocenters. The van der Waals surface area contributed by atoms with E-state index in [1.54, 1.807) is 0 Å². The van der Waals surface area contributed by atoms with Gasteiger partial charge in [-0.1, -0.05) is 32.6 Å². The van der Waals surface area contributed by atoms with Crippen molar-refractivity contribution in [3.8, 4) is 6.07 Å². The van der Waals surface area contributed by atoms with Crippen LogP contribution in [0.5, 0.6) is 0 Å². The van der Waals surface area contributed by atoms with E-state index < -0.39 is 5.41 Å². The molecule has 1 aliphatic carbocycles. The molecule has 0 aromatic carbocycles. The molecule has 2 fully saturated rings. The van der Waals surface area contributed by atoms with Crippen LogP contribution in [0.15, 0.2) is 0 Å². The van der Waals surface area contributed by atoms with Crippen LogP contribution in [0.1, 0.15) is 71.6 Å². The molecule has 106 valence electrons. The minimum atomic E-state index is -0.720. The van der Waals surface area contributed by atoms with E-state index in [0.29, 0.717) is 12.1 Å². The second-order valence-corrected chi connectivity index (χ2v) is 6.31. The van der Waals surface area contributed by atoms with E-state index in [4.69, 9.17) is 0 Å². The van der Waals surface area contributed by atoms with Gasteiger partial charge < -0.3 is 4.90 Å². The maximum absolute atomic E-state index is 13.0. The zero-order valence-electron chi connectivity index (χ0n) is 12.3. The summed E-state index contributed by atoms with van der Waals surface area (Å²) in [7, 11) is 0. The zero-order valence-corrected chi connectivity index (χ0v) is 12.3. The predicted octanol–water partition coefficient (Wildman–Crippen LogP) is 3.64. The molecule has 2 aliphatic rings. The first-order valence-electron chi connectivity index (χ1n) is 7.88. The van der Waals surface area contributed by atoms with Crippen molar-refractivity contribution in [1.29, 1.82) is 5.26 Å². The molecule has 0 radical (unpaired) electrons. The molecule has 1 aliphatic heterocycles. The summed E-state index contributed by atoms with van der Waals surface area (Å²) in [6.07, 6.45) is 9.13. The summed E-state index contributed by atoms with van der Waals surface area (Å²) in [6.45, 7) is 4.28. The molecule has 2 rings (SSSR count). The van der Waals surface area contributed by atoms with Gasteiger partial charge in [-0.2, -0.15) is 5.26 Å². The molecule has 0 aromatic heterocycles. The quantitative estimate of drug-likeness (QED) is 0.713. The lowest BCUT2D eigenvalue weighted by atomic mass is 9.80. The van der Waals surface area contributed by atoms with Gasteiger partial charge in [0.1, 0.15) is 5.41 Å². The first-order valence-corrected chi connectivity index (χ1v) is 7.88. The number of nitrogens with zero attached hydrogens (tertiary/aromatic N) is 2. The molecule has 3 heteroatoms. The van der Waals surface area contributed by atoms with Gasteiger partial charge >= 0.3 is 0 Å². The molecular weight excluding hydrogens is 236 g/mol. The standard InChI is InChI=1S/C16H26N2O/c1-3-14-9-8-13(2)18(14)15(19)16(12-17)10-6-4-5-7-11-16/h13-14H,3-11H2,1-2H3. The van der Waals surface area contributed by atoms with Gasteiger partial charge in [0.05, 0.1) is 6.07 Å². The Kier molecular flexibility index (Phi) is 4.50. The molecule has 0 N–H and O–H groups in total. The van der Waals surface area contributed by atoms with Crippen LogP contribution in [0, 0.1) is 16.7 Å². The highest BCUT2D eigenvalue weighted by atomic mass is 16.2. The summed E-state index contributed by atoms with van der Waals surface area (Å²) in [5.41, 5.74) is -0.720. The summed E-state index contributed by atoms with van der Waals surface area (Å²) in [4.78, 5) is 15.0. The van der Waals surface area contributed by atoms with Crippen molar-refractivity contribution < 1.29 is 4.79 Å². The third-order valence-corrected chi connectivity index (χ3v) is 5.07. The Labute approximate surface area is 117 Å². The van der Waals surface area contributed by atoms with Crippen molar-refractivity contribution in [2.24, 2.45) is 5.41 Å². The van der Waals surface area contributed by atoms with Gasteiger partial charge in [-0.15, -0.1) is 0 Å². The van der Waals surface area contributed by atoms with Gasteiger partial charge in [0.15, 0.2) is 0 Å². The van der Waals surface area contributed by atoms with E-state index >= 15 is 0 Å². The first kappa shape index (κ1) is 14.4. The zero-order chi connectivity index (χ0) is 13.9. The number of amides is 1. The topological polar surface area (TPSA) is 44.1 Å². The van der Waals surface area contributed by atoms with Crippen LogP contribution in [0.2, 0.25) is 0 Å². The Bertz CT molecular complexity index is 363. The lowest BCUT2D eigenvalue weighted by molar-refractivity contribution is -0.142. The van der Waals surface area contributed by atoms with Crippen molar-refractivity contribution >= 4 is 5.91 Å². The average Bonchev–Trinajstić information content (AvgIpc) is 2.65. The number of rotatable bonds is 2. The second kappa shape index (κ2) is 5.94. The monoisotopic (exact) mass is 262 g/mol. The molecular formula is C16H26N2O. The van der Waals surface area contributed by atoms with Crippen molar-refractivity contribution in [3.63, 3.8) is 0 Å². The Morgan fingerprint density at radius 3 is 2.42 bits per heavy atom. The lowest BCUT2D eigenvalue weighted by Crippen LogP contribution is -2.48. The van der Waals surface area contributed by atoms with Crippen molar-refractivity contribution in [2.75, 3.05) is 0 Å². The fourth-order valence-corrected chi connectivity index (χ4v) is 3.79. The minimum absolute atomic E-state index is 0.133. The van der Waals surface area contributed by atoms with Gasteiger partial charge in [-0.25, -0.2) is 0 Å². The Morgan fingerprint density at radius 2 is 1.89 bits per heavy atom. The van der Waals surface area contributed by atoms with Gasteiger partial charge in [0.2, 0.25) is 5.91 Å². The van der Waals surface area contributed by atoms with Crippen LogP contribution >= 0.6 is 0 Å². The van der Waals surface area contributed by atoms with Crippen LogP contribution < -0.4 is 0 Å². The molecule has 0 spiro atoms. The van der Waals surface area contributed by atoms with Crippen molar-refractivity contribution in [1.82, 2.24) is 4.90 Å². The fraction of sp³-hybridized carbons (Fsp3) is 0.875. The van der Waals surface area contributed by atoms with E-state index in [0.717, 1.165) is 44.9 Å². The highest BCUT2D eigenvalue weighted by Crippen LogP contribution is 2.39. The van der Waals surface area contributed by atoms with E-state index in [2.05, 4.69) is 24.8 Å². The van der Waals surface area contributed by atoms with Crippen LogP contribution in [-0.4, -0.2) is 22.9 Å². The SMILES string of the molecule is CCC1CCC(C)N1C(=O)C1(C#N)CCCCCC1. The smallest absolute Gasteiger partial charge is 0.243 e. The Morgan fingerprint density at radius 1 is 1.26 bits per heavy atom. The summed E-state index contributed by atoms with van der Waals surface area (Å²) in [5.74, 6) is 0.133. The molecule has 0 bridgehead atoms. The normalized spacial score (nSPS) is 30.7. The molecule has 1 saturated heterocycles. The van der Waals surface area contributed by atoms with Crippen LogP contribution in [-0.2, 0) is 4.79 Å². The van der Waals surface area contributed by atoms with Crippen LogP contribution in [0.25, 0.3) is 0 Å². The Hall–Kier alpha value is -1.04. The fourth-order valence-electron chi connectivity index (χ4n) is 3.79. The van der Waals surface area contributed by atoms with E-state index in [1.165, 1.54) is 12.8 Å². The third kappa shape index (κ3) is 2.63. The van der Waals surface area contributed by atoms with Gasteiger partial charge in [0, 0.05) is 12.1 Å². The molecule has 1 heterocycles. The van der Waals surface area contributed by atoms with Crippen LogP contribution in [0.4, 0.5) is 0 Å². The lowest BCUT2D eigenvalue weighted by Gasteiger charge is -2.35. The van der Waals surface area contributed by atoms with Gasteiger partial charge in [-0.05, 0) is 39.0 Å². The number of nitriles is 1. The first-order chi connectivity index (χ1) is 9.14. The summed E-state index contributed by atoms with van der Waals surface area (Å²) in [6, 6.07) is 3.08. The largest absolute Gasteiger partial charge is 0.336 e. The maximum Gasteiger partial charge on any atom is 0.243 e. The van der Waals surface area contributed by atoms with Crippen LogP contribution in [0.3, 0.4) is 0 Å². The molecule has 3 nitrogen and oxygen atoms in total. The number of carbonyl (C=O) groups excluding carboxylic acids is 1. The van der Waals surface area contributed by atoms with Gasteiger partial charge in [-0.3, -0.25) is 4.79 Å². The molecule has 1 saturated carbocycles. The summed E-state index contributed by atoms with van der Waals surface area (Å²) < 4.78 is 0. The highest BCUT2D eigenvalue weighted by molar-refractivity contribution is 5.86.